The Balaban J connectivity index is 1.53. The Bertz CT molecular complexity index is 1480. The van der Waals surface area contributed by atoms with Gasteiger partial charge in [0, 0.05) is 18.4 Å². The van der Waals surface area contributed by atoms with Gasteiger partial charge in [-0.2, -0.15) is 0 Å². The maximum Gasteiger partial charge on any atom is 0.336 e. The third-order valence-corrected chi connectivity index (χ3v) is 13.0. The first kappa shape index (κ1) is 29.3. The quantitative estimate of drug-likeness (QED) is 0.288. The molecule has 7 heteroatoms. The minimum absolute atomic E-state index is 0.0992. The third kappa shape index (κ3) is 3.82. The standard InChI is InChI=1S/C35H45NO6/c1-19-25(38)12-13-33(4)30-26(39)17-24-29(28(31(40)41)23-11-10-21-8-6-7-9-22(21)16-23)27(42-20(2)37)18-34(24,5)32(30,3)14-15-35(19,33)36/h6-11,16,19,24-27,30,38-39H,12-15,17-18,36H2,1-5H3,(H,40,41)/b29-28-/t19-,24+,25-,26-,27+,30-,32+,33-,34+,35-/m1/s1. The average Bonchev–Trinajstić information content (AvgIpc) is 3.20. The molecular formula is C35H45NO6. The highest BCUT2D eigenvalue weighted by molar-refractivity contribution is 6.17. The first-order valence-corrected chi connectivity index (χ1v) is 15.5. The molecule has 6 rings (SSSR count). The Kier molecular flexibility index (Phi) is 6.73. The van der Waals surface area contributed by atoms with Crippen LogP contribution in [0, 0.1) is 34.0 Å². The molecule has 42 heavy (non-hydrogen) atoms. The van der Waals surface area contributed by atoms with Crippen LogP contribution >= 0.6 is 0 Å². The molecular weight excluding hydrogens is 530 g/mol. The molecule has 0 saturated heterocycles. The number of carbonyl (C=O) groups is 2. The van der Waals surface area contributed by atoms with E-state index in [9.17, 15) is 24.9 Å². The zero-order valence-corrected chi connectivity index (χ0v) is 25.4. The molecule has 5 N–H and O–H groups in total. The van der Waals surface area contributed by atoms with E-state index in [1.54, 1.807) is 0 Å². The molecule has 0 aliphatic heterocycles. The minimum Gasteiger partial charge on any atom is -0.478 e. The van der Waals surface area contributed by atoms with Crippen LogP contribution in [0.4, 0.5) is 0 Å². The summed E-state index contributed by atoms with van der Waals surface area (Å²) in [6, 6.07) is 13.5. The Morgan fingerprint density at radius 3 is 2.29 bits per heavy atom. The van der Waals surface area contributed by atoms with Crippen LogP contribution in [0.5, 0.6) is 0 Å². The first-order valence-electron chi connectivity index (χ1n) is 15.5. The molecule has 4 fully saturated rings. The Hall–Kier alpha value is -2.74. The van der Waals surface area contributed by atoms with Crippen molar-refractivity contribution in [1.29, 1.82) is 0 Å². The molecule has 0 unspecified atom stereocenters. The molecule has 0 spiro atoms. The number of rotatable bonds is 3. The van der Waals surface area contributed by atoms with Gasteiger partial charge in [0.2, 0.25) is 0 Å². The molecule has 10 atom stereocenters. The van der Waals surface area contributed by atoms with E-state index in [4.69, 9.17) is 10.5 Å². The number of carbonyl (C=O) groups excluding carboxylic acids is 1. The third-order valence-electron chi connectivity index (χ3n) is 13.0. The van der Waals surface area contributed by atoms with Crippen molar-refractivity contribution in [1.82, 2.24) is 0 Å². The van der Waals surface area contributed by atoms with Gasteiger partial charge in [-0.25, -0.2) is 4.79 Å². The lowest BCUT2D eigenvalue weighted by Crippen LogP contribution is -2.75. The number of ether oxygens (including phenoxy) is 1. The van der Waals surface area contributed by atoms with E-state index < -0.39 is 52.0 Å². The minimum atomic E-state index is -1.06. The number of carboxylic acid groups (broad SMARTS) is 1. The van der Waals surface area contributed by atoms with E-state index in [0.717, 1.165) is 23.6 Å². The van der Waals surface area contributed by atoms with Crippen molar-refractivity contribution in [3.05, 3.63) is 53.6 Å². The number of hydrogen-bond donors (Lipinski definition) is 4. The topological polar surface area (TPSA) is 130 Å². The van der Waals surface area contributed by atoms with Crippen molar-refractivity contribution in [3.63, 3.8) is 0 Å². The van der Waals surface area contributed by atoms with Crippen LogP contribution in [-0.4, -0.2) is 51.1 Å². The molecule has 0 heterocycles. The van der Waals surface area contributed by atoms with E-state index in [2.05, 4.69) is 20.8 Å². The van der Waals surface area contributed by atoms with Crippen LogP contribution in [0.15, 0.2) is 48.0 Å². The number of aliphatic carboxylic acids is 1. The van der Waals surface area contributed by atoms with Crippen molar-refractivity contribution < 1.29 is 29.6 Å². The summed E-state index contributed by atoms with van der Waals surface area (Å²) in [5.41, 5.74) is 6.71. The normalized spacial score (nSPS) is 44.1. The van der Waals surface area contributed by atoms with Crippen molar-refractivity contribution >= 4 is 28.3 Å². The molecule has 0 radical (unpaired) electrons. The highest BCUT2D eigenvalue weighted by atomic mass is 16.5. The number of carboxylic acids is 1. The van der Waals surface area contributed by atoms with Gasteiger partial charge in [-0.05, 0) is 94.6 Å². The molecule has 7 nitrogen and oxygen atoms in total. The van der Waals surface area contributed by atoms with Gasteiger partial charge in [0.25, 0.3) is 0 Å². The number of aliphatic hydroxyl groups is 2. The summed E-state index contributed by atoms with van der Waals surface area (Å²) >= 11 is 0. The van der Waals surface area contributed by atoms with E-state index >= 15 is 0 Å². The van der Waals surface area contributed by atoms with E-state index in [1.165, 1.54) is 6.92 Å². The lowest BCUT2D eigenvalue weighted by atomic mass is 9.34. The fourth-order valence-electron chi connectivity index (χ4n) is 10.6. The number of benzene rings is 2. The number of aliphatic hydroxyl groups excluding tert-OH is 2. The zero-order chi connectivity index (χ0) is 30.4. The number of nitrogens with two attached hydrogens (primary N) is 1. The number of esters is 1. The maximum atomic E-state index is 13.1. The summed E-state index contributed by atoms with van der Waals surface area (Å²) < 4.78 is 5.96. The summed E-state index contributed by atoms with van der Waals surface area (Å²) in [7, 11) is 0. The predicted octanol–water partition coefficient (Wildman–Crippen LogP) is 5.31. The highest BCUT2D eigenvalue weighted by Crippen LogP contribution is 2.75. The molecule has 2 aromatic carbocycles. The average molecular weight is 576 g/mol. The van der Waals surface area contributed by atoms with Gasteiger partial charge < -0.3 is 25.8 Å². The summed E-state index contributed by atoms with van der Waals surface area (Å²) in [6.45, 7) is 10.1. The number of fused-ring (bicyclic) bond motifs is 6. The maximum absolute atomic E-state index is 13.1. The van der Waals surface area contributed by atoms with Crippen LogP contribution in [0.25, 0.3) is 16.3 Å². The summed E-state index contributed by atoms with van der Waals surface area (Å²) in [5, 5.41) is 35.6. The SMILES string of the molecule is CC(=O)O[C@H]1C[C@@]2(C)[C@@H](C[C@@H](O)[C@@H]3[C@]2(C)CC[C@@]2(N)[C@H](C)[C@H](O)CC[C@]32C)/C1=C(/C(=O)O)c1ccc2ccccc2c1. The smallest absolute Gasteiger partial charge is 0.336 e. The largest absolute Gasteiger partial charge is 0.478 e. The Morgan fingerprint density at radius 1 is 0.929 bits per heavy atom. The second-order valence-electron chi connectivity index (χ2n) is 14.5. The second-order valence-corrected chi connectivity index (χ2v) is 14.5. The van der Waals surface area contributed by atoms with Gasteiger partial charge in [0.1, 0.15) is 6.10 Å². The van der Waals surface area contributed by atoms with Crippen molar-refractivity contribution in [2.24, 2.45) is 39.7 Å². The lowest BCUT2D eigenvalue weighted by molar-refractivity contribution is -0.241. The van der Waals surface area contributed by atoms with Crippen molar-refractivity contribution in [2.75, 3.05) is 0 Å². The lowest BCUT2D eigenvalue weighted by Gasteiger charge is -2.71. The zero-order valence-electron chi connectivity index (χ0n) is 25.4. The van der Waals surface area contributed by atoms with Crippen LogP contribution in [-0.2, 0) is 14.3 Å². The van der Waals surface area contributed by atoms with Gasteiger partial charge in [-0.1, -0.05) is 64.1 Å². The van der Waals surface area contributed by atoms with Crippen LogP contribution < -0.4 is 5.73 Å². The molecule has 4 saturated carbocycles. The monoisotopic (exact) mass is 575 g/mol. The van der Waals surface area contributed by atoms with E-state index in [1.807, 2.05) is 49.4 Å². The van der Waals surface area contributed by atoms with Gasteiger partial charge in [0.05, 0.1) is 17.8 Å². The fourth-order valence-corrected chi connectivity index (χ4v) is 10.6. The molecule has 4 aliphatic carbocycles. The summed E-state index contributed by atoms with van der Waals surface area (Å²) in [4.78, 5) is 25.6. The molecule has 2 aromatic rings. The fraction of sp³-hybridized carbons (Fsp3) is 0.600. The van der Waals surface area contributed by atoms with E-state index in [-0.39, 0.29) is 23.3 Å². The van der Waals surface area contributed by atoms with Crippen molar-refractivity contribution in [2.45, 2.75) is 97.0 Å². The van der Waals surface area contributed by atoms with Gasteiger partial charge in [-0.15, -0.1) is 0 Å². The van der Waals surface area contributed by atoms with Gasteiger partial charge in [0.15, 0.2) is 0 Å². The van der Waals surface area contributed by atoms with E-state index in [0.29, 0.717) is 36.8 Å². The summed E-state index contributed by atoms with van der Waals surface area (Å²) in [5.74, 6) is -2.05. The first-order chi connectivity index (χ1) is 19.7. The van der Waals surface area contributed by atoms with Crippen LogP contribution in [0.3, 0.4) is 0 Å². The van der Waals surface area contributed by atoms with Crippen LogP contribution in [0.2, 0.25) is 0 Å². The number of hydrogen-bond acceptors (Lipinski definition) is 6. The molecule has 4 aliphatic rings. The highest BCUT2D eigenvalue weighted by Gasteiger charge is 2.73. The Morgan fingerprint density at radius 2 is 1.62 bits per heavy atom. The molecule has 0 aromatic heterocycles. The summed E-state index contributed by atoms with van der Waals surface area (Å²) in [6.07, 6.45) is 1.78. The predicted molar refractivity (Wildman–Crippen MR) is 161 cm³/mol. The van der Waals surface area contributed by atoms with Gasteiger partial charge in [-0.3, -0.25) is 4.79 Å². The molecule has 226 valence electrons. The molecule has 0 amide bonds. The molecule has 0 bridgehead atoms. The Labute approximate surface area is 248 Å². The van der Waals surface area contributed by atoms with Crippen LogP contribution in [0.1, 0.15) is 78.7 Å². The van der Waals surface area contributed by atoms with Crippen molar-refractivity contribution in [3.8, 4) is 0 Å². The second kappa shape index (κ2) is 9.63. The van der Waals surface area contributed by atoms with Gasteiger partial charge >= 0.3 is 11.9 Å².